The van der Waals surface area contributed by atoms with Crippen LogP contribution in [0.1, 0.15) is 28.4 Å². The third-order valence-electron chi connectivity index (χ3n) is 4.58. The van der Waals surface area contributed by atoms with Crippen molar-refractivity contribution in [2.75, 3.05) is 0 Å². The summed E-state index contributed by atoms with van der Waals surface area (Å²) < 4.78 is 14.6. The van der Waals surface area contributed by atoms with Crippen LogP contribution in [0.15, 0.2) is 70.6 Å². The molecule has 3 aromatic rings. The number of rotatable bonds is 2. The molecule has 1 aliphatic rings. The molecule has 1 nitrogen and oxygen atoms in total. The first-order chi connectivity index (χ1) is 13.0. The van der Waals surface area contributed by atoms with Crippen LogP contribution in [0.25, 0.3) is 0 Å². The number of benzene rings is 3. The lowest BCUT2D eigenvalue weighted by Gasteiger charge is -2.18. The van der Waals surface area contributed by atoms with Gasteiger partial charge >= 0.3 is 0 Å². The van der Waals surface area contributed by atoms with Gasteiger partial charge in [0.05, 0.1) is 5.69 Å². The molecule has 136 valence electrons. The molecule has 1 aliphatic heterocycles. The van der Waals surface area contributed by atoms with Gasteiger partial charge < -0.3 is 0 Å². The monoisotopic (exact) mass is 415 g/mol. The number of hydrogen-bond acceptors (Lipinski definition) is 2. The Bertz CT molecular complexity index is 1030. The summed E-state index contributed by atoms with van der Waals surface area (Å²) >= 11 is 14.2. The SMILES string of the molecule is Cc1cc(C2=Nc3ccccc3S[C@@H](c3c(F)cccc3Cl)C2)ccc1Cl. The van der Waals surface area contributed by atoms with Crippen LogP contribution in [0.3, 0.4) is 0 Å². The van der Waals surface area contributed by atoms with Gasteiger partial charge in [0, 0.05) is 37.9 Å². The van der Waals surface area contributed by atoms with Crippen molar-refractivity contribution in [1.29, 1.82) is 0 Å². The van der Waals surface area contributed by atoms with Gasteiger partial charge in [0.1, 0.15) is 5.82 Å². The predicted octanol–water partition coefficient (Wildman–Crippen LogP) is 7.80. The summed E-state index contributed by atoms with van der Waals surface area (Å²) in [5.41, 5.74) is 4.30. The highest BCUT2D eigenvalue weighted by Gasteiger charge is 2.26. The van der Waals surface area contributed by atoms with E-state index in [1.54, 1.807) is 23.9 Å². The molecular formula is C22H16Cl2FNS. The van der Waals surface area contributed by atoms with Crippen LogP contribution in [0.4, 0.5) is 10.1 Å². The molecule has 5 heteroatoms. The van der Waals surface area contributed by atoms with Gasteiger partial charge in [0.25, 0.3) is 0 Å². The molecule has 0 amide bonds. The quantitative estimate of drug-likeness (QED) is 0.415. The van der Waals surface area contributed by atoms with Gasteiger partial charge in [-0.2, -0.15) is 0 Å². The molecule has 0 fully saturated rings. The molecule has 0 unspecified atom stereocenters. The summed E-state index contributed by atoms with van der Waals surface area (Å²) in [6, 6.07) is 18.6. The zero-order valence-corrected chi connectivity index (χ0v) is 16.9. The van der Waals surface area contributed by atoms with Crippen LogP contribution in [0.5, 0.6) is 0 Å². The maximum atomic E-state index is 14.6. The van der Waals surface area contributed by atoms with Crippen LogP contribution in [0, 0.1) is 12.7 Å². The highest BCUT2D eigenvalue weighted by atomic mass is 35.5. The number of fused-ring (bicyclic) bond motifs is 1. The Morgan fingerprint density at radius 1 is 1.00 bits per heavy atom. The number of aryl methyl sites for hydroxylation is 1. The van der Waals surface area contributed by atoms with Gasteiger partial charge in [0.15, 0.2) is 0 Å². The minimum absolute atomic E-state index is 0.169. The topological polar surface area (TPSA) is 12.4 Å². The summed E-state index contributed by atoms with van der Waals surface area (Å²) in [6.45, 7) is 1.97. The molecule has 0 aliphatic carbocycles. The molecule has 0 aromatic heterocycles. The highest BCUT2D eigenvalue weighted by Crippen LogP contribution is 2.47. The Kier molecular flexibility index (Phi) is 5.27. The van der Waals surface area contributed by atoms with E-state index in [1.807, 2.05) is 49.4 Å². The molecule has 0 bridgehead atoms. The maximum absolute atomic E-state index is 14.6. The Hall–Kier alpha value is -1.81. The largest absolute Gasteiger partial charge is 0.252 e. The number of para-hydroxylation sites is 1. The maximum Gasteiger partial charge on any atom is 0.129 e. The summed E-state index contributed by atoms with van der Waals surface area (Å²) in [5, 5.41) is 0.993. The number of halogens is 3. The Morgan fingerprint density at radius 3 is 2.59 bits per heavy atom. The van der Waals surface area contributed by atoms with Crippen LogP contribution in [0.2, 0.25) is 10.0 Å². The van der Waals surface area contributed by atoms with Gasteiger partial charge in [-0.3, -0.25) is 4.99 Å². The van der Waals surface area contributed by atoms with Crippen molar-refractivity contribution < 1.29 is 4.39 Å². The van der Waals surface area contributed by atoms with Gasteiger partial charge in [-0.1, -0.05) is 47.5 Å². The second kappa shape index (κ2) is 7.67. The van der Waals surface area contributed by atoms with Crippen molar-refractivity contribution in [2.45, 2.75) is 23.5 Å². The first-order valence-corrected chi connectivity index (χ1v) is 10.2. The van der Waals surface area contributed by atoms with Gasteiger partial charge in [-0.15, -0.1) is 11.8 Å². The fraction of sp³-hybridized carbons (Fsp3) is 0.136. The number of nitrogens with zero attached hydrogens (tertiary/aromatic N) is 1. The highest BCUT2D eigenvalue weighted by molar-refractivity contribution is 7.99. The van der Waals surface area contributed by atoms with E-state index in [9.17, 15) is 4.39 Å². The lowest BCUT2D eigenvalue weighted by atomic mass is 9.99. The lowest BCUT2D eigenvalue weighted by Crippen LogP contribution is -2.07. The van der Waals surface area contributed by atoms with E-state index in [0.29, 0.717) is 17.0 Å². The molecule has 27 heavy (non-hydrogen) atoms. The molecule has 1 heterocycles. The van der Waals surface area contributed by atoms with E-state index in [4.69, 9.17) is 28.2 Å². The Morgan fingerprint density at radius 2 is 1.81 bits per heavy atom. The minimum Gasteiger partial charge on any atom is -0.252 e. The average Bonchev–Trinajstić information content (AvgIpc) is 2.83. The van der Waals surface area contributed by atoms with E-state index >= 15 is 0 Å². The first-order valence-electron chi connectivity index (χ1n) is 8.56. The molecule has 0 spiro atoms. The zero-order valence-electron chi connectivity index (χ0n) is 14.5. The first kappa shape index (κ1) is 18.5. The van der Waals surface area contributed by atoms with Crippen molar-refractivity contribution in [2.24, 2.45) is 4.99 Å². The van der Waals surface area contributed by atoms with Gasteiger partial charge in [-0.05, 0) is 54.4 Å². The second-order valence-corrected chi connectivity index (χ2v) is 8.50. The summed E-state index contributed by atoms with van der Waals surface area (Å²) in [4.78, 5) is 5.92. The van der Waals surface area contributed by atoms with Crippen LogP contribution in [-0.2, 0) is 0 Å². The zero-order chi connectivity index (χ0) is 19.0. The summed E-state index contributed by atoms with van der Waals surface area (Å²) in [6.07, 6.45) is 0.571. The molecule has 3 aromatic carbocycles. The average molecular weight is 416 g/mol. The standard InChI is InChI=1S/C22H16Cl2FNS/c1-13-11-14(9-10-15(13)23)19-12-21(22-16(24)5-4-6-17(22)25)27-20-8-3-2-7-18(20)26-19/h2-11,21H,12H2,1H3/t21-/m1/s1. The third kappa shape index (κ3) is 3.77. The number of hydrogen-bond donors (Lipinski definition) is 0. The summed E-state index contributed by atoms with van der Waals surface area (Å²) in [5.74, 6) is -0.286. The smallest absolute Gasteiger partial charge is 0.129 e. The van der Waals surface area contributed by atoms with Crippen molar-refractivity contribution in [3.8, 4) is 0 Å². The van der Waals surface area contributed by atoms with Crippen LogP contribution < -0.4 is 0 Å². The van der Waals surface area contributed by atoms with E-state index in [2.05, 4.69) is 0 Å². The Labute approximate surface area is 172 Å². The molecular weight excluding hydrogens is 400 g/mol. The van der Waals surface area contributed by atoms with Crippen molar-refractivity contribution >= 4 is 46.4 Å². The van der Waals surface area contributed by atoms with E-state index in [1.165, 1.54) is 6.07 Å². The fourth-order valence-corrected chi connectivity index (χ4v) is 4.97. The van der Waals surface area contributed by atoms with Crippen molar-refractivity contribution in [1.82, 2.24) is 0 Å². The summed E-state index contributed by atoms with van der Waals surface area (Å²) in [7, 11) is 0. The predicted molar refractivity (Wildman–Crippen MR) is 113 cm³/mol. The van der Waals surface area contributed by atoms with E-state index in [-0.39, 0.29) is 11.1 Å². The fourth-order valence-electron chi connectivity index (χ4n) is 3.20. The van der Waals surface area contributed by atoms with Gasteiger partial charge in [-0.25, -0.2) is 4.39 Å². The van der Waals surface area contributed by atoms with Gasteiger partial charge in [0.2, 0.25) is 0 Å². The third-order valence-corrected chi connectivity index (χ3v) is 6.62. The van der Waals surface area contributed by atoms with Crippen LogP contribution >= 0.6 is 35.0 Å². The lowest BCUT2D eigenvalue weighted by molar-refractivity contribution is 0.609. The van der Waals surface area contributed by atoms with Crippen molar-refractivity contribution in [3.63, 3.8) is 0 Å². The van der Waals surface area contributed by atoms with E-state index in [0.717, 1.165) is 32.4 Å². The van der Waals surface area contributed by atoms with E-state index < -0.39 is 0 Å². The molecule has 4 rings (SSSR count). The van der Waals surface area contributed by atoms with Crippen LogP contribution in [-0.4, -0.2) is 5.71 Å². The Balaban J connectivity index is 1.85. The normalized spacial score (nSPS) is 16.4. The molecule has 0 N–H and O–H groups in total. The molecule has 0 radical (unpaired) electrons. The molecule has 1 atom stereocenters. The minimum atomic E-state index is -0.286. The molecule has 0 saturated heterocycles. The number of thioether (sulfide) groups is 1. The second-order valence-electron chi connectivity index (χ2n) is 6.44. The number of aliphatic imine (C=N–C) groups is 1. The van der Waals surface area contributed by atoms with Crippen molar-refractivity contribution in [3.05, 3.63) is 93.2 Å². The molecule has 0 saturated carbocycles.